The van der Waals surface area contributed by atoms with E-state index in [-0.39, 0.29) is 11.3 Å². The van der Waals surface area contributed by atoms with Gasteiger partial charge in [-0.3, -0.25) is 0 Å². The Labute approximate surface area is 109 Å². The van der Waals surface area contributed by atoms with Crippen molar-refractivity contribution in [3.05, 3.63) is 17.6 Å². The van der Waals surface area contributed by atoms with Crippen LogP contribution in [0.5, 0.6) is 0 Å². The molecular formula is C12H19N3O2S. The summed E-state index contributed by atoms with van der Waals surface area (Å²) in [5, 5.41) is 3.41. The molecule has 0 aromatic carbocycles. The molecule has 5 nitrogen and oxygen atoms in total. The molecule has 1 heterocycles. The number of rotatable bonds is 5. The Bertz CT molecular complexity index is 514. The maximum Gasteiger partial charge on any atom is 0.147 e. The highest BCUT2D eigenvalue weighted by Gasteiger charge is 2.38. The van der Waals surface area contributed by atoms with Gasteiger partial charge in [0.05, 0.1) is 0 Å². The molecule has 1 aromatic heterocycles. The van der Waals surface area contributed by atoms with E-state index in [0.717, 1.165) is 11.4 Å². The highest BCUT2D eigenvalue weighted by molar-refractivity contribution is 7.71. The van der Waals surface area contributed by atoms with Gasteiger partial charge in [0.25, 0.3) is 0 Å². The largest absolute Gasteiger partial charge is 0.365 e. The molecule has 0 spiro atoms. The predicted octanol–water partition coefficient (Wildman–Crippen LogP) is 1.50. The van der Waals surface area contributed by atoms with Gasteiger partial charge < -0.3 is 5.32 Å². The van der Waals surface area contributed by atoms with Crippen molar-refractivity contribution in [1.82, 2.24) is 9.97 Å². The fourth-order valence-corrected chi connectivity index (χ4v) is 2.39. The molecule has 0 atom stereocenters. The van der Waals surface area contributed by atoms with Gasteiger partial charge in [0.1, 0.15) is 28.1 Å². The SMILES string of the molecule is Cc1cnc(C[SH](=O)=O)nc1NC(C)(C)C1CC1. The second-order valence-corrected chi connectivity index (χ2v) is 6.41. The molecule has 1 aliphatic carbocycles. The summed E-state index contributed by atoms with van der Waals surface area (Å²) in [5.41, 5.74) is 0.935. The van der Waals surface area contributed by atoms with Gasteiger partial charge in [-0.05, 0) is 39.5 Å². The summed E-state index contributed by atoms with van der Waals surface area (Å²) in [6.45, 7) is 6.23. The lowest BCUT2D eigenvalue weighted by atomic mass is 9.98. The summed E-state index contributed by atoms with van der Waals surface area (Å²) in [4.78, 5) is 8.34. The minimum Gasteiger partial charge on any atom is -0.365 e. The van der Waals surface area contributed by atoms with Crippen LogP contribution < -0.4 is 5.32 Å². The van der Waals surface area contributed by atoms with Crippen molar-refractivity contribution in [2.24, 2.45) is 5.92 Å². The Kier molecular flexibility index (Phi) is 3.56. The van der Waals surface area contributed by atoms with Gasteiger partial charge in [-0.2, -0.15) is 0 Å². The van der Waals surface area contributed by atoms with Gasteiger partial charge >= 0.3 is 0 Å². The molecular weight excluding hydrogens is 250 g/mol. The standard InChI is InChI=1S/C12H19N3O2S/c1-8-6-13-10(7-18(16)17)14-11(8)15-12(2,3)9-4-5-9/h6,9,18H,4-5,7H2,1-3H3,(H,13,14,15). The maximum absolute atomic E-state index is 10.7. The third-order valence-electron chi connectivity index (χ3n) is 3.33. The van der Waals surface area contributed by atoms with E-state index in [2.05, 4.69) is 29.1 Å². The van der Waals surface area contributed by atoms with Crippen LogP contribution in [0.15, 0.2) is 6.20 Å². The molecule has 0 radical (unpaired) electrons. The van der Waals surface area contributed by atoms with Crippen LogP contribution >= 0.6 is 0 Å². The van der Waals surface area contributed by atoms with Crippen LogP contribution in [0.25, 0.3) is 0 Å². The zero-order valence-corrected chi connectivity index (χ0v) is 11.8. The van der Waals surface area contributed by atoms with Crippen LogP contribution in [-0.4, -0.2) is 23.9 Å². The highest BCUT2D eigenvalue weighted by Crippen LogP contribution is 2.41. The van der Waals surface area contributed by atoms with Crippen LogP contribution in [0.1, 0.15) is 38.1 Å². The molecule has 0 bridgehead atoms. The van der Waals surface area contributed by atoms with E-state index in [9.17, 15) is 8.42 Å². The Morgan fingerprint density at radius 2 is 2.11 bits per heavy atom. The lowest BCUT2D eigenvalue weighted by molar-refractivity contribution is 0.492. The molecule has 1 saturated carbocycles. The fourth-order valence-electron chi connectivity index (χ4n) is 2.01. The molecule has 100 valence electrons. The molecule has 0 aliphatic heterocycles. The second kappa shape index (κ2) is 4.84. The van der Waals surface area contributed by atoms with Crippen LogP contribution in [0.4, 0.5) is 5.82 Å². The van der Waals surface area contributed by atoms with Crippen molar-refractivity contribution in [1.29, 1.82) is 0 Å². The van der Waals surface area contributed by atoms with Crippen LogP contribution in [0.2, 0.25) is 0 Å². The van der Waals surface area contributed by atoms with Crippen LogP contribution in [0.3, 0.4) is 0 Å². The molecule has 0 saturated heterocycles. The Morgan fingerprint density at radius 1 is 1.44 bits per heavy atom. The van der Waals surface area contributed by atoms with E-state index in [1.54, 1.807) is 6.20 Å². The van der Waals surface area contributed by atoms with Crippen LogP contribution in [-0.2, 0) is 16.5 Å². The molecule has 6 heteroatoms. The van der Waals surface area contributed by atoms with E-state index in [1.807, 2.05) is 6.92 Å². The predicted molar refractivity (Wildman–Crippen MR) is 71.2 cm³/mol. The van der Waals surface area contributed by atoms with Crippen LogP contribution in [0, 0.1) is 12.8 Å². The van der Waals surface area contributed by atoms with Crippen molar-refractivity contribution in [3.63, 3.8) is 0 Å². The van der Waals surface area contributed by atoms with Gasteiger partial charge in [0, 0.05) is 17.3 Å². The zero-order chi connectivity index (χ0) is 13.3. The van der Waals surface area contributed by atoms with E-state index < -0.39 is 10.7 Å². The molecule has 18 heavy (non-hydrogen) atoms. The normalized spacial score (nSPS) is 16.0. The van der Waals surface area contributed by atoms with E-state index in [1.165, 1.54) is 12.8 Å². The number of anilines is 1. The van der Waals surface area contributed by atoms with Gasteiger partial charge in [-0.1, -0.05) is 0 Å². The lowest BCUT2D eigenvalue weighted by Gasteiger charge is -2.27. The first kappa shape index (κ1) is 13.3. The number of nitrogens with one attached hydrogen (secondary N) is 1. The summed E-state index contributed by atoms with van der Waals surface area (Å²) in [6.07, 6.45) is 4.15. The summed E-state index contributed by atoms with van der Waals surface area (Å²) in [5.74, 6) is 1.67. The molecule has 1 fully saturated rings. The third kappa shape index (κ3) is 3.19. The van der Waals surface area contributed by atoms with Crippen molar-refractivity contribution >= 4 is 16.5 Å². The summed E-state index contributed by atoms with van der Waals surface area (Å²) >= 11 is 0. The Morgan fingerprint density at radius 3 is 2.67 bits per heavy atom. The van der Waals surface area contributed by atoms with E-state index >= 15 is 0 Å². The maximum atomic E-state index is 10.7. The number of nitrogens with zero attached hydrogens (tertiary/aromatic N) is 2. The average molecular weight is 269 g/mol. The number of hydrogen-bond donors (Lipinski definition) is 2. The Balaban J connectivity index is 2.20. The second-order valence-electron chi connectivity index (χ2n) is 5.43. The molecule has 1 aliphatic rings. The number of aromatic nitrogens is 2. The summed E-state index contributed by atoms with van der Waals surface area (Å²) in [7, 11) is -2.48. The van der Waals surface area contributed by atoms with Crippen molar-refractivity contribution < 1.29 is 8.42 Å². The van der Waals surface area contributed by atoms with E-state index in [4.69, 9.17) is 0 Å². The molecule has 1 aromatic rings. The first-order chi connectivity index (χ1) is 8.38. The van der Waals surface area contributed by atoms with Crippen molar-refractivity contribution in [2.45, 2.75) is 44.9 Å². The van der Waals surface area contributed by atoms with Gasteiger partial charge in [-0.25, -0.2) is 18.4 Å². The minimum atomic E-state index is -2.48. The molecule has 0 unspecified atom stereocenters. The Hall–Kier alpha value is -1.17. The number of hydrogen-bond acceptors (Lipinski definition) is 5. The molecule has 2 rings (SSSR count). The molecule has 0 amide bonds. The quantitative estimate of drug-likeness (QED) is 0.793. The summed E-state index contributed by atoms with van der Waals surface area (Å²) in [6, 6.07) is 0. The minimum absolute atomic E-state index is 0.00392. The zero-order valence-electron chi connectivity index (χ0n) is 10.9. The van der Waals surface area contributed by atoms with Gasteiger partial charge in [0.15, 0.2) is 0 Å². The molecule has 1 N–H and O–H groups in total. The number of aryl methyl sites for hydroxylation is 1. The topological polar surface area (TPSA) is 72.0 Å². The summed E-state index contributed by atoms with van der Waals surface area (Å²) < 4.78 is 21.4. The monoisotopic (exact) mass is 269 g/mol. The fraction of sp³-hybridized carbons (Fsp3) is 0.667. The lowest BCUT2D eigenvalue weighted by Crippen LogP contribution is -2.34. The van der Waals surface area contributed by atoms with Gasteiger partial charge in [0.2, 0.25) is 0 Å². The average Bonchev–Trinajstić information content (AvgIpc) is 3.05. The van der Waals surface area contributed by atoms with E-state index in [0.29, 0.717) is 11.7 Å². The smallest absolute Gasteiger partial charge is 0.147 e. The first-order valence-electron chi connectivity index (χ1n) is 6.11. The van der Waals surface area contributed by atoms with Crippen molar-refractivity contribution in [3.8, 4) is 0 Å². The number of thiol groups is 1. The highest BCUT2D eigenvalue weighted by atomic mass is 32.2. The first-order valence-corrected chi connectivity index (χ1v) is 7.47. The van der Waals surface area contributed by atoms with Crippen molar-refractivity contribution in [2.75, 3.05) is 5.32 Å². The third-order valence-corrected chi connectivity index (χ3v) is 3.87. The van der Waals surface area contributed by atoms with Gasteiger partial charge in [-0.15, -0.1) is 0 Å².